The van der Waals surface area contributed by atoms with Gasteiger partial charge in [-0.25, -0.2) is 0 Å². The zero-order valence-electron chi connectivity index (χ0n) is 10.5. The molecule has 17 heavy (non-hydrogen) atoms. The zero-order valence-corrected chi connectivity index (χ0v) is 12.1. The summed E-state index contributed by atoms with van der Waals surface area (Å²) >= 11 is 3.55. The minimum Gasteiger partial charge on any atom is -0.494 e. The Labute approximate surface area is 112 Å². The van der Waals surface area contributed by atoms with Crippen LogP contribution in [0.25, 0.3) is 0 Å². The topological polar surface area (TPSA) is 21.3 Å². The van der Waals surface area contributed by atoms with Gasteiger partial charge in [-0.05, 0) is 50.9 Å². The quantitative estimate of drug-likeness (QED) is 0.890. The first-order chi connectivity index (χ1) is 8.26. The van der Waals surface area contributed by atoms with E-state index >= 15 is 0 Å². The summed E-state index contributed by atoms with van der Waals surface area (Å²) in [6.07, 6.45) is 4.01. The van der Waals surface area contributed by atoms with Gasteiger partial charge in [-0.3, -0.25) is 0 Å². The molecule has 0 bridgehead atoms. The molecule has 1 aliphatic rings. The van der Waals surface area contributed by atoms with Crippen LogP contribution in [0.3, 0.4) is 0 Å². The van der Waals surface area contributed by atoms with E-state index in [0.29, 0.717) is 6.04 Å². The van der Waals surface area contributed by atoms with Crippen molar-refractivity contribution in [1.29, 1.82) is 0 Å². The van der Waals surface area contributed by atoms with Crippen molar-refractivity contribution in [1.82, 2.24) is 5.32 Å². The molecule has 0 heterocycles. The molecule has 2 rings (SSSR count). The maximum absolute atomic E-state index is 5.73. The minimum atomic E-state index is 0.419. The third-order valence-corrected chi connectivity index (χ3v) is 4.03. The highest BCUT2D eigenvalue weighted by Gasteiger charge is 2.29. The molecule has 1 atom stereocenters. The van der Waals surface area contributed by atoms with Crippen LogP contribution in [-0.2, 0) is 0 Å². The van der Waals surface area contributed by atoms with Gasteiger partial charge in [0.25, 0.3) is 0 Å². The summed E-state index contributed by atoms with van der Waals surface area (Å²) in [4.78, 5) is 0. The van der Waals surface area contributed by atoms with E-state index in [-0.39, 0.29) is 0 Å². The van der Waals surface area contributed by atoms with Crippen LogP contribution in [0.4, 0.5) is 0 Å². The average Bonchev–Trinajstić information content (AvgIpc) is 2.26. The fourth-order valence-corrected chi connectivity index (χ4v) is 2.85. The number of hydrogen-bond acceptors (Lipinski definition) is 2. The Morgan fingerprint density at radius 1 is 1.47 bits per heavy atom. The van der Waals surface area contributed by atoms with Crippen molar-refractivity contribution in [3.63, 3.8) is 0 Å². The molecule has 1 aromatic rings. The van der Waals surface area contributed by atoms with Gasteiger partial charge in [0.15, 0.2) is 0 Å². The number of benzene rings is 1. The monoisotopic (exact) mass is 297 g/mol. The number of ether oxygens (including phenoxy) is 1. The summed E-state index contributed by atoms with van der Waals surface area (Å²) in [7, 11) is 2.04. The van der Waals surface area contributed by atoms with Gasteiger partial charge in [0.1, 0.15) is 5.75 Å². The normalized spacial score (nSPS) is 17.6. The Kier molecular flexibility index (Phi) is 4.46. The van der Waals surface area contributed by atoms with E-state index in [4.69, 9.17) is 4.74 Å². The number of nitrogens with one attached hydrogen (secondary N) is 1. The van der Waals surface area contributed by atoms with E-state index in [9.17, 15) is 0 Å². The zero-order chi connectivity index (χ0) is 12.3. The highest BCUT2D eigenvalue weighted by atomic mass is 79.9. The third kappa shape index (κ3) is 2.83. The molecule has 0 spiro atoms. The first-order valence-electron chi connectivity index (χ1n) is 6.35. The molecule has 1 saturated carbocycles. The second-order valence-electron chi connectivity index (χ2n) is 4.57. The first kappa shape index (κ1) is 12.9. The highest BCUT2D eigenvalue weighted by molar-refractivity contribution is 9.10. The Balaban J connectivity index is 2.29. The van der Waals surface area contributed by atoms with Crippen molar-refractivity contribution in [2.75, 3.05) is 13.7 Å². The van der Waals surface area contributed by atoms with Crippen LogP contribution in [0.2, 0.25) is 0 Å². The number of rotatable bonds is 5. The smallest absolute Gasteiger partial charge is 0.124 e. The molecule has 1 N–H and O–H groups in total. The van der Waals surface area contributed by atoms with Crippen molar-refractivity contribution in [2.45, 2.75) is 32.2 Å². The summed E-state index contributed by atoms with van der Waals surface area (Å²) in [5.74, 6) is 1.77. The fraction of sp³-hybridized carbons (Fsp3) is 0.571. The third-order valence-electron chi connectivity index (χ3n) is 3.54. The molecule has 1 unspecified atom stereocenters. The van der Waals surface area contributed by atoms with Crippen molar-refractivity contribution < 1.29 is 4.74 Å². The van der Waals surface area contributed by atoms with Crippen LogP contribution >= 0.6 is 15.9 Å². The van der Waals surface area contributed by atoms with Gasteiger partial charge in [-0.15, -0.1) is 0 Å². The van der Waals surface area contributed by atoms with E-state index in [1.54, 1.807) is 0 Å². The SMILES string of the molecule is CCOc1ccc(Br)cc1C(NC)C1CCC1. The summed E-state index contributed by atoms with van der Waals surface area (Å²) in [6, 6.07) is 6.71. The second-order valence-corrected chi connectivity index (χ2v) is 5.49. The van der Waals surface area contributed by atoms with Gasteiger partial charge in [0.05, 0.1) is 6.61 Å². The molecule has 1 aromatic carbocycles. The van der Waals surface area contributed by atoms with Gasteiger partial charge >= 0.3 is 0 Å². The lowest BCUT2D eigenvalue weighted by atomic mass is 9.77. The first-order valence-corrected chi connectivity index (χ1v) is 7.15. The second kappa shape index (κ2) is 5.87. The average molecular weight is 298 g/mol. The summed E-state index contributed by atoms with van der Waals surface area (Å²) in [5, 5.41) is 3.45. The number of hydrogen-bond donors (Lipinski definition) is 1. The lowest BCUT2D eigenvalue weighted by Crippen LogP contribution is -2.30. The molecule has 0 amide bonds. The van der Waals surface area contributed by atoms with Crippen molar-refractivity contribution in [2.24, 2.45) is 5.92 Å². The molecular formula is C14H20BrNO. The maximum atomic E-state index is 5.73. The van der Waals surface area contributed by atoms with E-state index in [2.05, 4.69) is 33.4 Å². The highest BCUT2D eigenvalue weighted by Crippen LogP contribution is 2.41. The van der Waals surface area contributed by atoms with Crippen LogP contribution in [0.15, 0.2) is 22.7 Å². The summed E-state index contributed by atoms with van der Waals surface area (Å²) < 4.78 is 6.85. The van der Waals surface area contributed by atoms with Crippen LogP contribution < -0.4 is 10.1 Å². The molecule has 3 heteroatoms. The van der Waals surface area contributed by atoms with E-state index in [1.807, 2.05) is 20.0 Å². The van der Waals surface area contributed by atoms with Crippen LogP contribution in [0, 0.1) is 5.92 Å². The van der Waals surface area contributed by atoms with Crippen molar-refractivity contribution >= 4 is 15.9 Å². The van der Waals surface area contributed by atoms with Gasteiger partial charge in [0.2, 0.25) is 0 Å². The largest absolute Gasteiger partial charge is 0.494 e. The predicted molar refractivity (Wildman–Crippen MR) is 74.5 cm³/mol. The summed E-state index contributed by atoms with van der Waals surface area (Å²) in [6.45, 7) is 2.75. The van der Waals surface area contributed by atoms with Gasteiger partial charge < -0.3 is 10.1 Å². The molecule has 0 saturated heterocycles. The molecular weight excluding hydrogens is 278 g/mol. The Bertz CT molecular complexity index is 376. The lowest BCUT2D eigenvalue weighted by Gasteiger charge is -2.34. The van der Waals surface area contributed by atoms with Crippen LogP contribution in [0.1, 0.15) is 37.8 Å². The molecule has 1 aliphatic carbocycles. The van der Waals surface area contributed by atoms with Gasteiger partial charge in [-0.2, -0.15) is 0 Å². The maximum Gasteiger partial charge on any atom is 0.124 e. The van der Waals surface area contributed by atoms with E-state index in [1.165, 1.54) is 24.8 Å². The van der Waals surface area contributed by atoms with Gasteiger partial charge in [0, 0.05) is 16.1 Å². The summed E-state index contributed by atoms with van der Waals surface area (Å²) in [5.41, 5.74) is 1.29. The molecule has 2 nitrogen and oxygen atoms in total. The minimum absolute atomic E-state index is 0.419. The predicted octanol–water partition coefficient (Wildman–Crippen LogP) is 3.91. The molecule has 0 radical (unpaired) electrons. The van der Waals surface area contributed by atoms with Gasteiger partial charge in [-0.1, -0.05) is 22.4 Å². The Morgan fingerprint density at radius 3 is 2.76 bits per heavy atom. The molecule has 0 aromatic heterocycles. The van der Waals surface area contributed by atoms with Crippen LogP contribution in [-0.4, -0.2) is 13.7 Å². The molecule has 0 aliphatic heterocycles. The Hall–Kier alpha value is -0.540. The van der Waals surface area contributed by atoms with Crippen molar-refractivity contribution in [3.8, 4) is 5.75 Å². The van der Waals surface area contributed by atoms with Crippen molar-refractivity contribution in [3.05, 3.63) is 28.2 Å². The Morgan fingerprint density at radius 2 is 2.24 bits per heavy atom. The van der Waals surface area contributed by atoms with Crippen LogP contribution in [0.5, 0.6) is 5.75 Å². The molecule has 94 valence electrons. The number of halogens is 1. The fourth-order valence-electron chi connectivity index (χ4n) is 2.47. The van der Waals surface area contributed by atoms with E-state index < -0.39 is 0 Å². The van der Waals surface area contributed by atoms with E-state index in [0.717, 1.165) is 22.7 Å². The molecule has 1 fully saturated rings. The standard InChI is InChI=1S/C14H20BrNO/c1-3-17-13-8-7-11(15)9-12(13)14(16-2)10-5-4-6-10/h7-10,14,16H,3-6H2,1-2H3. The lowest BCUT2D eigenvalue weighted by molar-refractivity contribution is 0.232.